The molecule has 1 saturated heterocycles. The van der Waals surface area contributed by atoms with E-state index in [1.165, 1.54) is 14.2 Å². The number of nitrogens with one attached hydrogen (secondary N) is 1. The number of rotatable bonds is 4. The average Bonchev–Trinajstić information content (AvgIpc) is 2.48. The van der Waals surface area contributed by atoms with Crippen LogP contribution in [0.2, 0.25) is 0 Å². The minimum absolute atomic E-state index is 0.000870. The smallest absolute Gasteiger partial charge is 0.229 e. The van der Waals surface area contributed by atoms with Crippen molar-refractivity contribution < 1.29 is 19.1 Å². The van der Waals surface area contributed by atoms with Gasteiger partial charge in [0.1, 0.15) is 0 Å². The Kier molecular flexibility index (Phi) is 4.57. The molecule has 110 valence electrons. The molecule has 0 unspecified atom stereocenters. The summed E-state index contributed by atoms with van der Waals surface area (Å²) in [6.45, 7) is 5.66. The lowest BCUT2D eigenvalue weighted by Gasteiger charge is -2.29. The lowest BCUT2D eigenvalue weighted by molar-refractivity contribution is -0.121. The second kappa shape index (κ2) is 6.19. The number of hydrogen-bond donors (Lipinski definition) is 1. The summed E-state index contributed by atoms with van der Waals surface area (Å²) in [4.78, 5) is 26.8. The predicted octanol–water partition coefficient (Wildman–Crippen LogP) is -0.136. The number of ether oxygens (including phenoxy) is 2. The van der Waals surface area contributed by atoms with E-state index in [2.05, 4.69) is 10.2 Å². The van der Waals surface area contributed by atoms with Crippen LogP contribution in [0.5, 0.6) is 0 Å². The fraction of sp³-hybridized carbons (Fsp3) is 0.571. The normalized spacial score (nSPS) is 21.6. The van der Waals surface area contributed by atoms with Gasteiger partial charge >= 0.3 is 0 Å². The number of carbonyl (C=O) groups is 2. The van der Waals surface area contributed by atoms with Crippen LogP contribution in [0.15, 0.2) is 22.7 Å². The highest BCUT2D eigenvalue weighted by Gasteiger charge is 2.35. The van der Waals surface area contributed by atoms with Gasteiger partial charge in [0.05, 0.1) is 14.2 Å². The molecule has 0 atom stereocenters. The molecule has 1 fully saturated rings. The first-order valence-electron chi connectivity index (χ1n) is 6.64. The molecule has 1 N–H and O–H groups in total. The van der Waals surface area contributed by atoms with Crippen molar-refractivity contribution >= 4 is 11.6 Å². The van der Waals surface area contributed by atoms with E-state index in [1.54, 1.807) is 6.92 Å². The van der Waals surface area contributed by atoms with Crippen molar-refractivity contribution in [1.82, 2.24) is 10.2 Å². The number of piperazine rings is 1. The maximum Gasteiger partial charge on any atom is 0.229 e. The van der Waals surface area contributed by atoms with E-state index in [1.807, 2.05) is 0 Å². The lowest BCUT2D eigenvalue weighted by atomic mass is 9.92. The van der Waals surface area contributed by atoms with Crippen LogP contribution >= 0.6 is 0 Å². The van der Waals surface area contributed by atoms with Crippen LogP contribution in [-0.2, 0) is 19.1 Å². The van der Waals surface area contributed by atoms with Gasteiger partial charge < -0.3 is 14.8 Å². The predicted molar refractivity (Wildman–Crippen MR) is 73.1 cm³/mol. The van der Waals surface area contributed by atoms with E-state index in [9.17, 15) is 9.59 Å². The molecule has 1 aliphatic carbocycles. The van der Waals surface area contributed by atoms with Crippen molar-refractivity contribution in [2.24, 2.45) is 0 Å². The van der Waals surface area contributed by atoms with Crippen molar-refractivity contribution in [2.45, 2.75) is 6.92 Å². The molecule has 1 heterocycles. The Bertz CT molecular complexity index is 487. The van der Waals surface area contributed by atoms with Gasteiger partial charge in [0.15, 0.2) is 0 Å². The summed E-state index contributed by atoms with van der Waals surface area (Å²) in [6.07, 6.45) is 0. The third-order valence-corrected chi connectivity index (χ3v) is 3.69. The molecule has 0 aromatic carbocycles. The lowest BCUT2D eigenvalue weighted by Crippen LogP contribution is -2.45. The summed E-state index contributed by atoms with van der Waals surface area (Å²) in [5.41, 5.74) is 0.959. The molecule has 0 aromatic heterocycles. The van der Waals surface area contributed by atoms with Gasteiger partial charge in [0, 0.05) is 43.9 Å². The first-order valence-corrected chi connectivity index (χ1v) is 6.64. The summed E-state index contributed by atoms with van der Waals surface area (Å²) in [7, 11) is 2.75. The van der Waals surface area contributed by atoms with Crippen LogP contribution in [0.25, 0.3) is 0 Å². The van der Waals surface area contributed by atoms with Crippen LogP contribution in [0.1, 0.15) is 6.92 Å². The minimum Gasteiger partial charge on any atom is -0.489 e. The summed E-state index contributed by atoms with van der Waals surface area (Å²) < 4.78 is 10.1. The Morgan fingerprint density at radius 1 is 1.05 bits per heavy atom. The Morgan fingerprint density at radius 2 is 1.60 bits per heavy atom. The van der Waals surface area contributed by atoms with Crippen LogP contribution in [0, 0.1) is 0 Å². The van der Waals surface area contributed by atoms with Gasteiger partial charge in [-0.1, -0.05) is 0 Å². The molecule has 6 heteroatoms. The van der Waals surface area contributed by atoms with Gasteiger partial charge in [0.2, 0.25) is 23.1 Å². The van der Waals surface area contributed by atoms with Crippen molar-refractivity contribution in [2.75, 3.05) is 46.9 Å². The van der Waals surface area contributed by atoms with Crippen molar-refractivity contribution in [3.8, 4) is 0 Å². The minimum atomic E-state index is -0.269. The van der Waals surface area contributed by atoms with Crippen molar-refractivity contribution in [1.29, 1.82) is 0 Å². The molecule has 0 spiro atoms. The summed E-state index contributed by atoms with van der Waals surface area (Å²) >= 11 is 0. The molecule has 0 aromatic rings. The highest BCUT2D eigenvalue weighted by Crippen LogP contribution is 2.26. The number of methoxy groups -OCH3 is 2. The average molecular weight is 280 g/mol. The fourth-order valence-corrected chi connectivity index (χ4v) is 2.47. The maximum atomic E-state index is 12.4. The van der Waals surface area contributed by atoms with Crippen molar-refractivity contribution in [3.05, 3.63) is 22.7 Å². The monoisotopic (exact) mass is 280 g/mol. The molecule has 1 aliphatic heterocycles. The SMILES string of the molecule is COC1=C(OC)C(=O)C(CN2CCNCC2)=C(C)C1=O. The largest absolute Gasteiger partial charge is 0.489 e. The van der Waals surface area contributed by atoms with Gasteiger partial charge in [-0.3, -0.25) is 14.5 Å². The third kappa shape index (κ3) is 2.62. The topological polar surface area (TPSA) is 67.9 Å². The molecule has 0 amide bonds. The Labute approximate surface area is 118 Å². The van der Waals surface area contributed by atoms with E-state index in [0.29, 0.717) is 17.7 Å². The van der Waals surface area contributed by atoms with E-state index in [-0.39, 0.29) is 23.1 Å². The number of nitrogens with zero attached hydrogens (tertiary/aromatic N) is 1. The fourth-order valence-electron chi connectivity index (χ4n) is 2.47. The van der Waals surface area contributed by atoms with Crippen LogP contribution in [0.3, 0.4) is 0 Å². The molecule has 0 saturated carbocycles. The Balaban J connectivity index is 2.26. The first kappa shape index (κ1) is 14.7. The number of ketones is 2. The zero-order valence-electron chi connectivity index (χ0n) is 12.1. The number of hydrogen-bond acceptors (Lipinski definition) is 6. The van der Waals surface area contributed by atoms with Gasteiger partial charge in [-0.25, -0.2) is 0 Å². The molecule has 20 heavy (non-hydrogen) atoms. The molecule has 2 rings (SSSR count). The molecule has 0 radical (unpaired) electrons. The van der Waals surface area contributed by atoms with Gasteiger partial charge in [-0.2, -0.15) is 0 Å². The molecular formula is C14H20N2O4. The second-order valence-corrected chi connectivity index (χ2v) is 4.85. The van der Waals surface area contributed by atoms with Crippen LogP contribution in [0.4, 0.5) is 0 Å². The summed E-state index contributed by atoms with van der Waals surface area (Å²) in [6, 6.07) is 0. The van der Waals surface area contributed by atoms with Gasteiger partial charge in [0.25, 0.3) is 0 Å². The summed E-state index contributed by atoms with van der Waals surface area (Å²) in [5, 5.41) is 3.26. The quantitative estimate of drug-likeness (QED) is 0.723. The van der Waals surface area contributed by atoms with E-state index < -0.39 is 0 Å². The maximum absolute atomic E-state index is 12.4. The third-order valence-electron chi connectivity index (χ3n) is 3.69. The van der Waals surface area contributed by atoms with Crippen LogP contribution in [-0.4, -0.2) is 63.4 Å². The van der Waals surface area contributed by atoms with Gasteiger partial charge in [-0.05, 0) is 6.92 Å². The highest BCUT2D eigenvalue weighted by molar-refractivity contribution is 6.23. The zero-order valence-corrected chi connectivity index (χ0v) is 12.1. The van der Waals surface area contributed by atoms with E-state index in [4.69, 9.17) is 9.47 Å². The van der Waals surface area contributed by atoms with Gasteiger partial charge in [-0.15, -0.1) is 0 Å². The van der Waals surface area contributed by atoms with Crippen LogP contribution < -0.4 is 5.32 Å². The van der Waals surface area contributed by atoms with E-state index >= 15 is 0 Å². The number of carbonyl (C=O) groups excluding carboxylic acids is 2. The zero-order chi connectivity index (χ0) is 14.7. The number of Topliss-reactive ketones (excluding diaryl/α,β-unsaturated/α-hetero) is 2. The standard InChI is InChI=1S/C14H20N2O4/c1-9-10(8-16-6-4-15-5-7-16)12(18)14(20-3)13(19-2)11(9)17/h15H,4-8H2,1-3H3. The second-order valence-electron chi connectivity index (χ2n) is 4.85. The molecular weight excluding hydrogens is 260 g/mol. The molecule has 0 bridgehead atoms. The molecule has 6 nitrogen and oxygen atoms in total. The first-order chi connectivity index (χ1) is 9.60. The number of allylic oxidation sites excluding steroid dienone is 2. The van der Waals surface area contributed by atoms with E-state index in [0.717, 1.165) is 26.2 Å². The molecule has 2 aliphatic rings. The Morgan fingerprint density at radius 3 is 2.15 bits per heavy atom. The highest BCUT2D eigenvalue weighted by atomic mass is 16.5. The Hall–Kier alpha value is -1.66. The summed E-state index contributed by atoms with van der Waals surface area (Å²) in [5.74, 6) is -0.513. The van der Waals surface area contributed by atoms with Crippen molar-refractivity contribution in [3.63, 3.8) is 0 Å².